The molecule has 0 saturated heterocycles. The standard InChI is InChI=1S/C15H15ClO3S/c1-19-12-4-2-10(3-5-12)8-11(15(17)18)9-13-6-7-14(16)20-13/h2-7,11H,8-9H2,1H3,(H,17,18). The monoisotopic (exact) mass is 310 g/mol. The summed E-state index contributed by atoms with van der Waals surface area (Å²) in [5.41, 5.74) is 0.987. The minimum Gasteiger partial charge on any atom is -0.497 e. The van der Waals surface area contributed by atoms with Gasteiger partial charge in [0.25, 0.3) is 0 Å². The maximum atomic E-state index is 11.4. The first-order chi connectivity index (χ1) is 9.58. The molecule has 0 aliphatic carbocycles. The molecule has 0 spiro atoms. The highest BCUT2D eigenvalue weighted by Gasteiger charge is 2.19. The van der Waals surface area contributed by atoms with Gasteiger partial charge in [-0.05, 0) is 42.7 Å². The lowest BCUT2D eigenvalue weighted by atomic mass is 9.95. The molecule has 0 aliphatic heterocycles. The van der Waals surface area contributed by atoms with E-state index in [0.29, 0.717) is 17.2 Å². The van der Waals surface area contributed by atoms with Gasteiger partial charge in [-0.1, -0.05) is 23.7 Å². The van der Waals surface area contributed by atoms with Crippen LogP contribution in [0.2, 0.25) is 4.34 Å². The van der Waals surface area contributed by atoms with Crippen LogP contribution in [0, 0.1) is 5.92 Å². The topological polar surface area (TPSA) is 46.5 Å². The van der Waals surface area contributed by atoms with Crippen molar-refractivity contribution in [2.75, 3.05) is 7.11 Å². The average Bonchev–Trinajstić information content (AvgIpc) is 2.84. The SMILES string of the molecule is COc1ccc(CC(Cc2ccc(Cl)s2)C(=O)O)cc1. The quantitative estimate of drug-likeness (QED) is 0.880. The maximum Gasteiger partial charge on any atom is 0.307 e. The Morgan fingerprint density at radius 3 is 2.45 bits per heavy atom. The third kappa shape index (κ3) is 3.99. The molecule has 2 aromatic rings. The summed E-state index contributed by atoms with van der Waals surface area (Å²) in [6, 6.07) is 11.2. The summed E-state index contributed by atoms with van der Waals surface area (Å²) in [5, 5.41) is 9.35. The molecule has 1 atom stereocenters. The van der Waals surface area contributed by atoms with Crippen LogP contribution in [0.15, 0.2) is 36.4 Å². The molecule has 0 fully saturated rings. The van der Waals surface area contributed by atoms with Crippen LogP contribution in [0.25, 0.3) is 0 Å². The van der Waals surface area contributed by atoms with Crippen molar-refractivity contribution in [3.8, 4) is 5.75 Å². The maximum absolute atomic E-state index is 11.4. The molecule has 1 heterocycles. The number of carbonyl (C=O) groups is 1. The van der Waals surface area contributed by atoms with Crippen molar-refractivity contribution in [3.05, 3.63) is 51.2 Å². The number of methoxy groups -OCH3 is 1. The van der Waals surface area contributed by atoms with E-state index in [1.807, 2.05) is 30.3 Å². The Hall–Kier alpha value is -1.52. The van der Waals surface area contributed by atoms with Crippen LogP contribution in [0.4, 0.5) is 0 Å². The number of thiophene rings is 1. The van der Waals surface area contributed by atoms with Gasteiger partial charge in [0.2, 0.25) is 0 Å². The Bertz CT molecular complexity index is 577. The first kappa shape index (κ1) is 14.9. The zero-order chi connectivity index (χ0) is 14.5. The largest absolute Gasteiger partial charge is 0.497 e. The number of hydrogen-bond donors (Lipinski definition) is 1. The molecule has 0 amide bonds. The molecule has 0 bridgehead atoms. The van der Waals surface area contributed by atoms with Crippen molar-refractivity contribution in [1.82, 2.24) is 0 Å². The second-order valence-electron chi connectivity index (χ2n) is 4.50. The number of halogens is 1. The fraction of sp³-hybridized carbons (Fsp3) is 0.267. The van der Waals surface area contributed by atoms with E-state index in [-0.39, 0.29) is 0 Å². The number of hydrogen-bond acceptors (Lipinski definition) is 3. The van der Waals surface area contributed by atoms with Crippen LogP contribution in [0.3, 0.4) is 0 Å². The van der Waals surface area contributed by atoms with Gasteiger partial charge in [-0.2, -0.15) is 0 Å². The van der Waals surface area contributed by atoms with E-state index in [1.54, 1.807) is 13.2 Å². The molecule has 0 aliphatic rings. The highest BCUT2D eigenvalue weighted by Crippen LogP contribution is 2.25. The minimum absolute atomic E-state index is 0.446. The summed E-state index contributed by atoms with van der Waals surface area (Å²) < 4.78 is 5.78. The van der Waals surface area contributed by atoms with Crippen LogP contribution < -0.4 is 4.74 Å². The van der Waals surface area contributed by atoms with Gasteiger partial charge < -0.3 is 9.84 Å². The van der Waals surface area contributed by atoms with E-state index in [9.17, 15) is 9.90 Å². The molecule has 1 aromatic heterocycles. The van der Waals surface area contributed by atoms with Gasteiger partial charge in [0, 0.05) is 4.88 Å². The van der Waals surface area contributed by atoms with Gasteiger partial charge in [0.15, 0.2) is 0 Å². The third-order valence-corrected chi connectivity index (χ3v) is 4.32. The molecule has 3 nitrogen and oxygen atoms in total. The Kier molecular flexibility index (Phi) is 5.04. The molecule has 2 rings (SSSR count). The second-order valence-corrected chi connectivity index (χ2v) is 6.30. The Labute approximate surface area is 126 Å². The van der Waals surface area contributed by atoms with Gasteiger partial charge in [-0.3, -0.25) is 4.79 Å². The van der Waals surface area contributed by atoms with Crippen molar-refractivity contribution < 1.29 is 14.6 Å². The summed E-state index contributed by atoms with van der Waals surface area (Å²) in [7, 11) is 1.61. The van der Waals surface area contributed by atoms with Crippen LogP contribution in [-0.2, 0) is 17.6 Å². The second kappa shape index (κ2) is 6.77. The highest BCUT2D eigenvalue weighted by molar-refractivity contribution is 7.16. The Balaban J connectivity index is 2.06. The van der Waals surface area contributed by atoms with Crippen molar-refractivity contribution in [2.45, 2.75) is 12.8 Å². The molecule has 106 valence electrons. The van der Waals surface area contributed by atoms with Crippen LogP contribution in [0.5, 0.6) is 5.75 Å². The fourth-order valence-corrected chi connectivity index (χ4v) is 3.16. The number of carboxylic acids is 1. The minimum atomic E-state index is -0.787. The summed E-state index contributed by atoms with van der Waals surface area (Å²) in [5.74, 6) is -0.464. The normalized spacial score (nSPS) is 12.1. The van der Waals surface area contributed by atoms with Gasteiger partial charge >= 0.3 is 5.97 Å². The van der Waals surface area contributed by atoms with E-state index in [0.717, 1.165) is 16.2 Å². The zero-order valence-corrected chi connectivity index (χ0v) is 12.6. The molecule has 1 unspecified atom stereocenters. The molecule has 5 heteroatoms. The van der Waals surface area contributed by atoms with Crippen molar-refractivity contribution in [2.24, 2.45) is 5.92 Å². The number of ether oxygens (including phenoxy) is 1. The predicted octanol–water partition coefficient (Wildman–Crippen LogP) is 3.90. The zero-order valence-electron chi connectivity index (χ0n) is 11.0. The Morgan fingerprint density at radius 1 is 1.25 bits per heavy atom. The molecule has 0 saturated carbocycles. The number of benzene rings is 1. The molecule has 1 aromatic carbocycles. The summed E-state index contributed by atoms with van der Waals surface area (Å²) in [6.07, 6.45) is 0.994. The molecule has 0 radical (unpaired) electrons. The van der Waals surface area contributed by atoms with Crippen LogP contribution >= 0.6 is 22.9 Å². The van der Waals surface area contributed by atoms with Crippen LogP contribution in [0.1, 0.15) is 10.4 Å². The van der Waals surface area contributed by atoms with Gasteiger partial charge in [-0.25, -0.2) is 0 Å². The van der Waals surface area contributed by atoms with Crippen molar-refractivity contribution >= 4 is 28.9 Å². The van der Waals surface area contributed by atoms with Gasteiger partial charge in [0.1, 0.15) is 5.75 Å². The lowest BCUT2D eigenvalue weighted by Crippen LogP contribution is -2.18. The predicted molar refractivity (Wildman–Crippen MR) is 80.9 cm³/mol. The summed E-state index contributed by atoms with van der Waals surface area (Å²) in [4.78, 5) is 12.4. The summed E-state index contributed by atoms with van der Waals surface area (Å²) >= 11 is 7.31. The summed E-state index contributed by atoms with van der Waals surface area (Å²) in [6.45, 7) is 0. The van der Waals surface area contributed by atoms with Crippen molar-refractivity contribution in [3.63, 3.8) is 0 Å². The lowest BCUT2D eigenvalue weighted by Gasteiger charge is -2.11. The van der Waals surface area contributed by atoms with E-state index in [4.69, 9.17) is 16.3 Å². The van der Waals surface area contributed by atoms with Gasteiger partial charge in [-0.15, -0.1) is 11.3 Å². The fourth-order valence-electron chi connectivity index (χ4n) is 2.00. The third-order valence-electron chi connectivity index (χ3n) is 3.07. The molecule has 1 N–H and O–H groups in total. The number of aliphatic carboxylic acids is 1. The smallest absolute Gasteiger partial charge is 0.307 e. The molecule has 20 heavy (non-hydrogen) atoms. The van der Waals surface area contributed by atoms with Crippen LogP contribution in [-0.4, -0.2) is 18.2 Å². The number of rotatable bonds is 6. The van der Waals surface area contributed by atoms with Gasteiger partial charge in [0.05, 0.1) is 17.4 Å². The average molecular weight is 311 g/mol. The Morgan fingerprint density at radius 2 is 1.95 bits per heavy atom. The highest BCUT2D eigenvalue weighted by atomic mass is 35.5. The first-order valence-corrected chi connectivity index (χ1v) is 7.38. The van der Waals surface area contributed by atoms with E-state index in [2.05, 4.69) is 0 Å². The van der Waals surface area contributed by atoms with E-state index in [1.165, 1.54) is 11.3 Å². The van der Waals surface area contributed by atoms with E-state index >= 15 is 0 Å². The molecular weight excluding hydrogens is 296 g/mol. The number of carboxylic acid groups (broad SMARTS) is 1. The first-order valence-electron chi connectivity index (χ1n) is 6.18. The lowest BCUT2D eigenvalue weighted by molar-refractivity contribution is -0.141. The van der Waals surface area contributed by atoms with Crippen molar-refractivity contribution in [1.29, 1.82) is 0 Å². The van der Waals surface area contributed by atoms with E-state index < -0.39 is 11.9 Å². The molecular formula is C15H15ClO3S.